The summed E-state index contributed by atoms with van der Waals surface area (Å²) in [5.41, 5.74) is 1.80. The zero-order chi connectivity index (χ0) is 20.8. The van der Waals surface area contributed by atoms with Crippen molar-refractivity contribution in [3.05, 3.63) is 36.8 Å². The van der Waals surface area contributed by atoms with Crippen molar-refractivity contribution in [2.24, 2.45) is 0 Å². The number of nitrogens with zero attached hydrogens (tertiary/aromatic N) is 4. The molecule has 2 heterocycles. The zero-order valence-electron chi connectivity index (χ0n) is 18.1. The van der Waals surface area contributed by atoms with E-state index in [2.05, 4.69) is 9.88 Å². The van der Waals surface area contributed by atoms with Crippen molar-refractivity contribution in [3.63, 3.8) is 0 Å². The van der Waals surface area contributed by atoms with Crippen molar-refractivity contribution >= 4 is 6.03 Å². The highest BCUT2D eigenvalue weighted by Crippen LogP contribution is 2.24. The van der Waals surface area contributed by atoms with Gasteiger partial charge in [0.05, 0.1) is 5.69 Å². The molecule has 6 heteroatoms. The van der Waals surface area contributed by atoms with E-state index in [0.29, 0.717) is 6.04 Å². The van der Waals surface area contributed by atoms with Gasteiger partial charge >= 0.3 is 6.03 Å². The molecule has 0 radical (unpaired) electrons. The van der Waals surface area contributed by atoms with Gasteiger partial charge in [-0.1, -0.05) is 25.7 Å². The molecule has 1 saturated carbocycles. The summed E-state index contributed by atoms with van der Waals surface area (Å²) in [6, 6.07) is 8.34. The van der Waals surface area contributed by atoms with E-state index in [0.717, 1.165) is 43.0 Å². The minimum atomic E-state index is -0.00156. The summed E-state index contributed by atoms with van der Waals surface area (Å²) in [5, 5.41) is 0. The van der Waals surface area contributed by atoms with Crippen LogP contribution in [-0.2, 0) is 0 Å². The quantitative estimate of drug-likeness (QED) is 0.696. The fourth-order valence-electron chi connectivity index (χ4n) is 4.58. The molecule has 0 atom stereocenters. The van der Waals surface area contributed by atoms with E-state index >= 15 is 0 Å². The third-order valence-corrected chi connectivity index (χ3v) is 6.50. The molecule has 2 aromatic rings. The molecule has 1 aromatic carbocycles. The largest absolute Gasteiger partial charge is 0.492 e. The van der Waals surface area contributed by atoms with Gasteiger partial charge in [0.1, 0.15) is 18.7 Å². The summed E-state index contributed by atoms with van der Waals surface area (Å²) in [6.45, 7) is 4.10. The molecule has 1 aliphatic carbocycles. The van der Waals surface area contributed by atoms with Crippen LogP contribution >= 0.6 is 0 Å². The molecular weight excluding hydrogens is 376 g/mol. The van der Waals surface area contributed by atoms with Crippen molar-refractivity contribution in [1.82, 2.24) is 19.4 Å². The number of ether oxygens (including phenoxy) is 1. The highest BCUT2D eigenvalue weighted by Gasteiger charge is 2.23. The summed E-state index contributed by atoms with van der Waals surface area (Å²) >= 11 is 0. The van der Waals surface area contributed by atoms with Crippen LogP contribution in [0.5, 0.6) is 5.75 Å². The van der Waals surface area contributed by atoms with Crippen molar-refractivity contribution in [1.29, 1.82) is 0 Å². The molecule has 30 heavy (non-hydrogen) atoms. The van der Waals surface area contributed by atoms with Gasteiger partial charge in [-0.05, 0) is 63.0 Å². The Bertz CT molecular complexity index is 805. The van der Waals surface area contributed by atoms with Crippen LogP contribution in [0.15, 0.2) is 36.8 Å². The monoisotopic (exact) mass is 410 g/mol. The number of likely N-dealkylation sites (tertiary alicyclic amines) is 1. The average Bonchev–Trinajstić information content (AvgIpc) is 3.30. The normalized spacial score (nSPS) is 18.3. The van der Waals surface area contributed by atoms with Crippen LogP contribution in [0.1, 0.15) is 51.4 Å². The molecule has 4 rings (SSSR count). The molecule has 0 bridgehead atoms. The van der Waals surface area contributed by atoms with Crippen molar-refractivity contribution < 1.29 is 9.53 Å². The molecular formula is C24H34N4O2. The molecule has 0 unspecified atom stereocenters. The van der Waals surface area contributed by atoms with Gasteiger partial charge in [-0.2, -0.15) is 0 Å². The molecule has 0 N–H and O–H groups in total. The average molecular weight is 411 g/mol. The predicted molar refractivity (Wildman–Crippen MR) is 119 cm³/mol. The number of carbonyl (C=O) groups excluding carboxylic acids is 1. The van der Waals surface area contributed by atoms with Gasteiger partial charge < -0.3 is 9.64 Å². The third kappa shape index (κ3) is 5.22. The van der Waals surface area contributed by atoms with Crippen LogP contribution in [0.3, 0.4) is 0 Å². The Hall–Kier alpha value is -2.34. The lowest BCUT2D eigenvalue weighted by molar-refractivity contribution is 0.175. The molecule has 1 saturated heterocycles. The van der Waals surface area contributed by atoms with Crippen molar-refractivity contribution in [2.45, 2.75) is 57.4 Å². The second-order valence-corrected chi connectivity index (χ2v) is 8.63. The SMILES string of the molecule is CN(C(=O)n1cnc(-c2ccc(OCCN3CCCCC3)cc2)c1)C1CCCCC1. The molecule has 2 fully saturated rings. The first kappa shape index (κ1) is 20.9. The number of rotatable bonds is 6. The highest BCUT2D eigenvalue weighted by atomic mass is 16.5. The lowest BCUT2D eigenvalue weighted by Gasteiger charge is -2.31. The Kier molecular flexibility index (Phi) is 7.05. The third-order valence-electron chi connectivity index (χ3n) is 6.50. The molecule has 1 aliphatic heterocycles. The second-order valence-electron chi connectivity index (χ2n) is 8.63. The van der Waals surface area contributed by atoms with Crippen molar-refractivity contribution in [3.8, 4) is 17.0 Å². The van der Waals surface area contributed by atoms with Gasteiger partial charge in [0.2, 0.25) is 0 Å². The minimum Gasteiger partial charge on any atom is -0.492 e. The van der Waals surface area contributed by atoms with Crippen LogP contribution in [0.4, 0.5) is 4.79 Å². The topological polar surface area (TPSA) is 50.6 Å². The summed E-state index contributed by atoms with van der Waals surface area (Å²) in [5.74, 6) is 0.878. The van der Waals surface area contributed by atoms with Gasteiger partial charge in [0, 0.05) is 31.4 Å². The van der Waals surface area contributed by atoms with Crippen LogP contribution in [0.2, 0.25) is 0 Å². The molecule has 2 aliphatic rings. The Labute approximate surface area is 179 Å². The Morgan fingerprint density at radius 3 is 2.50 bits per heavy atom. The van der Waals surface area contributed by atoms with Gasteiger partial charge in [-0.3, -0.25) is 9.47 Å². The molecule has 162 valence electrons. The van der Waals surface area contributed by atoms with Gasteiger partial charge in [0.15, 0.2) is 0 Å². The summed E-state index contributed by atoms with van der Waals surface area (Å²) in [7, 11) is 1.91. The molecule has 1 amide bonds. The number of benzene rings is 1. The van der Waals surface area contributed by atoms with E-state index in [1.54, 1.807) is 10.9 Å². The van der Waals surface area contributed by atoms with Crippen LogP contribution in [-0.4, -0.2) is 64.7 Å². The first-order chi connectivity index (χ1) is 14.7. The number of imidazole rings is 1. The van der Waals surface area contributed by atoms with E-state index in [-0.39, 0.29) is 6.03 Å². The van der Waals surface area contributed by atoms with E-state index in [1.165, 1.54) is 51.6 Å². The maximum atomic E-state index is 12.8. The van der Waals surface area contributed by atoms with E-state index in [1.807, 2.05) is 42.4 Å². The number of hydrogen-bond acceptors (Lipinski definition) is 4. The Morgan fingerprint density at radius 1 is 1.07 bits per heavy atom. The van der Waals surface area contributed by atoms with Gasteiger partial charge in [-0.25, -0.2) is 9.78 Å². The van der Waals surface area contributed by atoms with E-state index < -0.39 is 0 Å². The van der Waals surface area contributed by atoms with Crippen molar-refractivity contribution in [2.75, 3.05) is 33.3 Å². The molecule has 0 spiro atoms. The standard InChI is InChI=1S/C24H34N4O2/c1-26(21-8-4-2-5-9-21)24(29)28-18-23(25-19-28)20-10-12-22(13-11-20)30-17-16-27-14-6-3-7-15-27/h10-13,18-19,21H,2-9,14-17H2,1H3. The van der Waals surface area contributed by atoms with Gasteiger partial charge in [-0.15, -0.1) is 0 Å². The summed E-state index contributed by atoms with van der Waals surface area (Å²) in [4.78, 5) is 21.6. The predicted octanol–water partition coefficient (Wildman–Crippen LogP) is 4.65. The lowest BCUT2D eigenvalue weighted by atomic mass is 9.95. The number of amides is 1. The summed E-state index contributed by atoms with van der Waals surface area (Å²) in [6.07, 6.45) is 13.3. The Balaban J connectivity index is 1.31. The van der Waals surface area contributed by atoms with Crippen LogP contribution in [0.25, 0.3) is 11.3 Å². The van der Waals surface area contributed by atoms with E-state index in [9.17, 15) is 4.79 Å². The minimum absolute atomic E-state index is 0.00156. The molecule has 1 aromatic heterocycles. The summed E-state index contributed by atoms with van der Waals surface area (Å²) < 4.78 is 7.52. The fourth-order valence-corrected chi connectivity index (χ4v) is 4.58. The fraction of sp³-hybridized carbons (Fsp3) is 0.583. The first-order valence-corrected chi connectivity index (χ1v) is 11.5. The Morgan fingerprint density at radius 2 is 1.77 bits per heavy atom. The molecule has 6 nitrogen and oxygen atoms in total. The number of hydrogen-bond donors (Lipinski definition) is 0. The van der Waals surface area contributed by atoms with E-state index in [4.69, 9.17) is 4.74 Å². The smallest absolute Gasteiger partial charge is 0.329 e. The van der Waals surface area contributed by atoms with Gasteiger partial charge in [0.25, 0.3) is 0 Å². The number of carbonyl (C=O) groups is 1. The van der Waals surface area contributed by atoms with Crippen LogP contribution in [0, 0.1) is 0 Å². The van der Waals surface area contributed by atoms with Crippen LogP contribution < -0.4 is 4.74 Å². The lowest BCUT2D eigenvalue weighted by Crippen LogP contribution is -2.40. The zero-order valence-corrected chi connectivity index (χ0v) is 18.1. The maximum absolute atomic E-state index is 12.8. The first-order valence-electron chi connectivity index (χ1n) is 11.5. The number of aromatic nitrogens is 2. The second kappa shape index (κ2) is 10.1. The number of piperidine rings is 1. The highest BCUT2D eigenvalue weighted by molar-refractivity contribution is 5.78. The maximum Gasteiger partial charge on any atom is 0.329 e.